The van der Waals surface area contributed by atoms with E-state index in [1.807, 2.05) is 0 Å². The van der Waals surface area contributed by atoms with Crippen molar-refractivity contribution < 1.29 is 32.7 Å². The number of aromatic nitrogens is 2. The Labute approximate surface area is 179 Å². The van der Waals surface area contributed by atoms with Crippen molar-refractivity contribution >= 4 is 17.9 Å². The standard InChI is InChI=1S/C20H18F3N5O4/c21-20(22,23)18-26-6-12(7-27-18)9-1-2-13(16(24)29)10(3-9)5-25-17(30)15-14-4-11(14)8-28(15)19(31)32/h1-3,6-7,11,14-15H,4-5,8H2,(H2,24,29)(H,25,30)(H,31,32)/t11-,14-,15-/m0/s1. The molecular weight excluding hydrogens is 431 g/mol. The first kappa shape index (κ1) is 21.5. The van der Waals surface area contributed by atoms with Crippen molar-refractivity contribution in [3.05, 3.63) is 47.5 Å². The quantitative estimate of drug-likeness (QED) is 0.637. The fraction of sp³-hybridized carbons (Fsp3) is 0.350. The highest BCUT2D eigenvalue weighted by molar-refractivity contribution is 5.95. The summed E-state index contributed by atoms with van der Waals surface area (Å²) in [7, 11) is 0. The highest BCUT2D eigenvalue weighted by atomic mass is 19.4. The van der Waals surface area contributed by atoms with E-state index in [0.717, 1.165) is 23.7 Å². The molecule has 1 saturated carbocycles. The van der Waals surface area contributed by atoms with E-state index in [1.54, 1.807) is 0 Å². The van der Waals surface area contributed by atoms with Gasteiger partial charge in [-0.05, 0) is 41.5 Å². The van der Waals surface area contributed by atoms with Crippen LogP contribution in [0.2, 0.25) is 0 Å². The van der Waals surface area contributed by atoms with Crippen molar-refractivity contribution in [1.29, 1.82) is 0 Å². The molecular formula is C20H18F3N5O4. The van der Waals surface area contributed by atoms with E-state index < -0.39 is 36.0 Å². The number of carbonyl (C=O) groups is 3. The average molecular weight is 449 g/mol. The lowest BCUT2D eigenvalue weighted by Crippen LogP contribution is -2.47. The Balaban J connectivity index is 1.54. The molecule has 0 radical (unpaired) electrons. The Morgan fingerprint density at radius 2 is 1.88 bits per heavy atom. The maximum atomic E-state index is 12.7. The van der Waals surface area contributed by atoms with Gasteiger partial charge < -0.3 is 16.2 Å². The van der Waals surface area contributed by atoms with E-state index in [0.29, 0.717) is 17.7 Å². The zero-order valence-electron chi connectivity index (χ0n) is 16.5. The lowest BCUT2D eigenvalue weighted by atomic mass is 10.00. The molecule has 1 aliphatic carbocycles. The molecule has 0 unspecified atom stereocenters. The summed E-state index contributed by atoms with van der Waals surface area (Å²) in [6, 6.07) is 3.58. The minimum absolute atomic E-state index is 0.0164. The van der Waals surface area contributed by atoms with Crippen LogP contribution in [0.5, 0.6) is 0 Å². The molecule has 0 bridgehead atoms. The Hall–Kier alpha value is -3.70. The van der Waals surface area contributed by atoms with Crippen LogP contribution in [0, 0.1) is 11.8 Å². The Bertz CT molecular complexity index is 1090. The molecule has 2 aromatic rings. The number of fused-ring (bicyclic) bond motifs is 1. The second-order valence-electron chi connectivity index (χ2n) is 7.79. The van der Waals surface area contributed by atoms with Crippen LogP contribution in [0.1, 0.15) is 28.2 Å². The number of primary amides is 1. The molecule has 32 heavy (non-hydrogen) atoms. The minimum atomic E-state index is -4.67. The predicted molar refractivity (Wildman–Crippen MR) is 103 cm³/mol. The van der Waals surface area contributed by atoms with Gasteiger partial charge in [-0.3, -0.25) is 14.5 Å². The number of hydrogen-bond acceptors (Lipinski definition) is 5. The number of nitrogens with two attached hydrogens (primary N) is 1. The lowest BCUT2D eigenvalue weighted by molar-refractivity contribution is -0.145. The summed E-state index contributed by atoms with van der Waals surface area (Å²) in [6.07, 6.45) is -3.03. The predicted octanol–water partition coefficient (Wildman–Crippen LogP) is 1.88. The molecule has 2 heterocycles. The number of halogens is 3. The SMILES string of the molecule is NC(=O)c1ccc(-c2cnc(C(F)(F)F)nc2)cc1CNC(=O)[C@@H]1[C@H]2C[C@H]2CN1C(=O)O. The number of carbonyl (C=O) groups excluding carboxylic acids is 2. The number of nitrogens with zero attached hydrogens (tertiary/aromatic N) is 3. The number of hydrogen-bond donors (Lipinski definition) is 3. The van der Waals surface area contributed by atoms with Crippen molar-refractivity contribution in [3.63, 3.8) is 0 Å². The summed E-state index contributed by atoms with van der Waals surface area (Å²) in [6.45, 7) is 0.196. The Kier molecular flexibility index (Phi) is 5.23. The second kappa shape index (κ2) is 7.77. The maximum absolute atomic E-state index is 12.7. The molecule has 0 spiro atoms. The fourth-order valence-corrected chi connectivity index (χ4v) is 4.07. The van der Waals surface area contributed by atoms with Gasteiger partial charge in [0.05, 0.1) is 0 Å². The number of likely N-dealkylation sites (tertiary alicyclic amines) is 1. The van der Waals surface area contributed by atoms with Crippen LogP contribution < -0.4 is 11.1 Å². The highest BCUT2D eigenvalue weighted by Gasteiger charge is 2.57. The molecule has 1 saturated heterocycles. The van der Waals surface area contributed by atoms with Gasteiger partial charge in [0.2, 0.25) is 17.6 Å². The number of benzene rings is 1. The van der Waals surface area contributed by atoms with Crippen LogP contribution in [0.15, 0.2) is 30.6 Å². The number of piperidine rings is 1. The first-order valence-corrected chi connectivity index (χ1v) is 9.66. The third-order valence-electron chi connectivity index (χ3n) is 5.73. The van der Waals surface area contributed by atoms with Crippen molar-refractivity contribution in [2.75, 3.05) is 6.54 Å². The molecule has 1 aromatic heterocycles. The van der Waals surface area contributed by atoms with Gasteiger partial charge in [0.1, 0.15) is 6.04 Å². The largest absolute Gasteiger partial charge is 0.465 e. The Morgan fingerprint density at radius 3 is 2.47 bits per heavy atom. The third-order valence-corrected chi connectivity index (χ3v) is 5.73. The van der Waals surface area contributed by atoms with Gasteiger partial charge in [0, 0.05) is 36.6 Å². The first-order valence-electron chi connectivity index (χ1n) is 9.66. The lowest BCUT2D eigenvalue weighted by Gasteiger charge is -2.24. The van der Waals surface area contributed by atoms with Crippen molar-refractivity contribution in [1.82, 2.24) is 20.2 Å². The van der Waals surface area contributed by atoms with Crippen LogP contribution in [0.25, 0.3) is 11.1 Å². The van der Waals surface area contributed by atoms with Gasteiger partial charge in [-0.15, -0.1) is 0 Å². The second-order valence-corrected chi connectivity index (χ2v) is 7.79. The van der Waals surface area contributed by atoms with E-state index in [9.17, 15) is 32.7 Å². The zero-order chi connectivity index (χ0) is 23.2. The van der Waals surface area contributed by atoms with Gasteiger partial charge in [-0.2, -0.15) is 13.2 Å². The average Bonchev–Trinajstić information content (AvgIpc) is 3.40. The molecule has 1 aliphatic heterocycles. The molecule has 2 fully saturated rings. The van der Waals surface area contributed by atoms with Gasteiger partial charge in [0.25, 0.3) is 0 Å². The molecule has 12 heteroatoms. The highest BCUT2D eigenvalue weighted by Crippen LogP contribution is 2.49. The zero-order valence-corrected chi connectivity index (χ0v) is 16.5. The summed E-state index contributed by atoms with van der Waals surface area (Å²) in [4.78, 5) is 43.6. The molecule has 4 rings (SSSR count). The number of nitrogens with one attached hydrogen (secondary N) is 1. The van der Waals surface area contributed by atoms with Crippen LogP contribution in [0.3, 0.4) is 0 Å². The maximum Gasteiger partial charge on any atom is 0.451 e. The fourth-order valence-electron chi connectivity index (χ4n) is 4.07. The molecule has 168 valence electrons. The van der Waals surface area contributed by atoms with Crippen LogP contribution in [-0.2, 0) is 17.5 Å². The summed E-state index contributed by atoms with van der Waals surface area (Å²) >= 11 is 0. The van der Waals surface area contributed by atoms with Crippen LogP contribution in [-0.4, -0.2) is 50.5 Å². The van der Waals surface area contributed by atoms with Gasteiger partial charge >= 0.3 is 12.3 Å². The Morgan fingerprint density at radius 1 is 1.19 bits per heavy atom. The molecule has 3 amide bonds. The van der Waals surface area contributed by atoms with Crippen molar-refractivity contribution in [2.24, 2.45) is 17.6 Å². The summed E-state index contributed by atoms with van der Waals surface area (Å²) in [5.41, 5.74) is 6.54. The molecule has 2 aliphatic rings. The monoisotopic (exact) mass is 449 g/mol. The van der Waals surface area contributed by atoms with E-state index in [-0.39, 0.29) is 29.5 Å². The van der Waals surface area contributed by atoms with E-state index >= 15 is 0 Å². The normalized spacial score (nSPS) is 21.7. The van der Waals surface area contributed by atoms with Crippen molar-refractivity contribution in [2.45, 2.75) is 25.2 Å². The van der Waals surface area contributed by atoms with Crippen molar-refractivity contribution in [3.8, 4) is 11.1 Å². The molecule has 4 N–H and O–H groups in total. The van der Waals surface area contributed by atoms with E-state index in [1.165, 1.54) is 18.2 Å². The molecule has 9 nitrogen and oxygen atoms in total. The molecule has 1 aromatic carbocycles. The third kappa shape index (κ3) is 4.07. The first-order chi connectivity index (χ1) is 15.1. The van der Waals surface area contributed by atoms with Gasteiger partial charge in [0.15, 0.2) is 0 Å². The topological polar surface area (TPSA) is 139 Å². The number of amides is 3. The van der Waals surface area contributed by atoms with Gasteiger partial charge in [-0.25, -0.2) is 14.8 Å². The van der Waals surface area contributed by atoms with E-state index in [2.05, 4.69) is 15.3 Å². The number of rotatable bonds is 5. The summed E-state index contributed by atoms with van der Waals surface area (Å²) < 4.78 is 38.0. The van der Waals surface area contributed by atoms with Crippen LogP contribution >= 0.6 is 0 Å². The molecule has 3 atom stereocenters. The van der Waals surface area contributed by atoms with Crippen LogP contribution in [0.4, 0.5) is 18.0 Å². The number of carboxylic acid groups (broad SMARTS) is 1. The summed E-state index contributed by atoms with van der Waals surface area (Å²) in [5, 5.41) is 12.0. The van der Waals surface area contributed by atoms with E-state index in [4.69, 9.17) is 5.73 Å². The minimum Gasteiger partial charge on any atom is -0.465 e. The number of alkyl halides is 3. The summed E-state index contributed by atoms with van der Waals surface area (Å²) in [5.74, 6) is -2.33. The van der Waals surface area contributed by atoms with Gasteiger partial charge in [-0.1, -0.05) is 6.07 Å². The smallest absolute Gasteiger partial charge is 0.451 e.